The van der Waals surface area contributed by atoms with Crippen LogP contribution < -0.4 is 15.8 Å². The predicted molar refractivity (Wildman–Crippen MR) is 97.9 cm³/mol. The highest BCUT2D eigenvalue weighted by molar-refractivity contribution is 14.0. The molecule has 1 saturated heterocycles. The lowest BCUT2D eigenvalue weighted by Gasteiger charge is -2.15. The van der Waals surface area contributed by atoms with Gasteiger partial charge >= 0.3 is 0 Å². The number of nitrogens with zero attached hydrogens (tertiary/aromatic N) is 1. The molecule has 22 heavy (non-hydrogen) atoms. The first kappa shape index (κ1) is 17.3. The van der Waals surface area contributed by atoms with Crippen molar-refractivity contribution >= 4 is 29.9 Å². The van der Waals surface area contributed by atoms with Crippen LogP contribution in [-0.2, 0) is 11.3 Å². The number of aliphatic imine (C=N–C) groups is 1. The minimum absolute atomic E-state index is 0. The Morgan fingerprint density at radius 2 is 2.23 bits per heavy atom. The van der Waals surface area contributed by atoms with Gasteiger partial charge in [0.15, 0.2) is 5.96 Å². The van der Waals surface area contributed by atoms with Crippen LogP contribution in [-0.4, -0.2) is 31.3 Å². The van der Waals surface area contributed by atoms with Gasteiger partial charge in [0.05, 0.1) is 19.8 Å². The van der Waals surface area contributed by atoms with Gasteiger partial charge in [-0.3, -0.25) is 0 Å². The Labute approximate surface area is 148 Å². The van der Waals surface area contributed by atoms with Crippen LogP contribution in [0.15, 0.2) is 23.2 Å². The van der Waals surface area contributed by atoms with E-state index in [2.05, 4.69) is 35.4 Å². The van der Waals surface area contributed by atoms with Gasteiger partial charge in [-0.05, 0) is 31.4 Å². The van der Waals surface area contributed by atoms with Gasteiger partial charge in [-0.1, -0.05) is 12.1 Å². The Hall–Kier alpha value is -1.02. The molecule has 5 nitrogen and oxygen atoms in total. The quantitative estimate of drug-likeness (QED) is 0.439. The molecule has 2 aliphatic rings. The third-order valence-electron chi connectivity index (χ3n) is 3.75. The van der Waals surface area contributed by atoms with Gasteiger partial charge in [0, 0.05) is 18.0 Å². The van der Waals surface area contributed by atoms with Crippen LogP contribution in [0.2, 0.25) is 0 Å². The lowest BCUT2D eigenvalue weighted by atomic mass is 10.1. The van der Waals surface area contributed by atoms with Gasteiger partial charge < -0.3 is 20.5 Å². The van der Waals surface area contributed by atoms with Crippen molar-refractivity contribution in [2.45, 2.75) is 44.9 Å². The second-order valence-corrected chi connectivity index (χ2v) is 5.83. The first-order valence-corrected chi connectivity index (χ1v) is 7.61. The van der Waals surface area contributed by atoms with Crippen LogP contribution in [0.1, 0.15) is 30.4 Å². The van der Waals surface area contributed by atoms with E-state index < -0.39 is 0 Å². The molecule has 6 heteroatoms. The molecule has 2 fully saturated rings. The second-order valence-electron chi connectivity index (χ2n) is 5.83. The minimum Gasteiger partial charge on any atom is -0.488 e. The third kappa shape index (κ3) is 5.01. The average molecular weight is 417 g/mol. The van der Waals surface area contributed by atoms with E-state index in [1.54, 1.807) is 0 Å². The minimum atomic E-state index is 0. The summed E-state index contributed by atoms with van der Waals surface area (Å²) < 4.78 is 11.4. The molecule has 1 aromatic rings. The molecule has 1 aliphatic heterocycles. The molecule has 1 atom stereocenters. The van der Waals surface area contributed by atoms with E-state index in [-0.39, 0.29) is 30.1 Å². The van der Waals surface area contributed by atoms with E-state index in [0.29, 0.717) is 25.2 Å². The Morgan fingerprint density at radius 1 is 1.41 bits per heavy atom. The molecular weight excluding hydrogens is 393 g/mol. The summed E-state index contributed by atoms with van der Waals surface area (Å²) >= 11 is 0. The van der Waals surface area contributed by atoms with Gasteiger partial charge in [0.25, 0.3) is 0 Å². The number of aryl methyl sites for hydroxylation is 1. The zero-order valence-electron chi connectivity index (χ0n) is 12.9. The number of rotatable bonds is 5. The van der Waals surface area contributed by atoms with Crippen molar-refractivity contribution in [1.82, 2.24) is 5.32 Å². The third-order valence-corrected chi connectivity index (χ3v) is 3.75. The molecule has 1 heterocycles. The molecule has 122 valence electrons. The maximum atomic E-state index is 6.06. The molecule has 0 amide bonds. The molecule has 1 aromatic carbocycles. The zero-order valence-corrected chi connectivity index (χ0v) is 15.2. The lowest BCUT2D eigenvalue weighted by Crippen LogP contribution is -2.33. The van der Waals surface area contributed by atoms with Crippen LogP contribution in [0.25, 0.3) is 0 Å². The molecule has 3 rings (SSSR count). The summed E-state index contributed by atoms with van der Waals surface area (Å²) in [6.45, 7) is 4.05. The molecule has 1 saturated carbocycles. The van der Waals surface area contributed by atoms with E-state index in [9.17, 15) is 0 Å². The Morgan fingerprint density at radius 3 is 2.91 bits per heavy atom. The van der Waals surface area contributed by atoms with Crippen molar-refractivity contribution in [2.75, 3.05) is 13.2 Å². The fourth-order valence-corrected chi connectivity index (χ4v) is 2.34. The fraction of sp³-hybridized carbons (Fsp3) is 0.562. The molecule has 1 unspecified atom stereocenters. The summed E-state index contributed by atoms with van der Waals surface area (Å²) in [6, 6.07) is 6.73. The topological polar surface area (TPSA) is 68.9 Å². The highest BCUT2D eigenvalue weighted by Gasteiger charge is 2.21. The molecule has 3 N–H and O–H groups in total. The number of hydrogen-bond donors (Lipinski definition) is 2. The van der Waals surface area contributed by atoms with Crippen molar-refractivity contribution in [1.29, 1.82) is 0 Å². The number of benzene rings is 1. The number of nitrogens with one attached hydrogen (secondary N) is 1. The zero-order chi connectivity index (χ0) is 14.7. The maximum Gasteiger partial charge on any atom is 0.189 e. The summed E-state index contributed by atoms with van der Waals surface area (Å²) in [5.74, 6) is 1.42. The largest absolute Gasteiger partial charge is 0.488 e. The second kappa shape index (κ2) is 8.01. The molecule has 1 aliphatic carbocycles. The first-order chi connectivity index (χ1) is 10.2. The van der Waals surface area contributed by atoms with Crippen molar-refractivity contribution in [3.05, 3.63) is 29.3 Å². The monoisotopic (exact) mass is 417 g/mol. The summed E-state index contributed by atoms with van der Waals surface area (Å²) in [5, 5.41) is 3.19. The maximum absolute atomic E-state index is 6.06. The van der Waals surface area contributed by atoms with E-state index in [1.165, 1.54) is 18.4 Å². The summed E-state index contributed by atoms with van der Waals surface area (Å²) in [4.78, 5) is 4.41. The van der Waals surface area contributed by atoms with E-state index in [4.69, 9.17) is 15.2 Å². The van der Waals surface area contributed by atoms with Gasteiger partial charge in [-0.2, -0.15) is 0 Å². The van der Waals surface area contributed by atoms with E-state index >= 15 is 0 Å². The van der Waals surface area contributed by atoms with Gasteiger partial charge in [0.2, 0.25) is 0 Å². The smallest absolute Gasteiger partial charge is 0.189 e. The highest BCUT2D eigenvalue weighted by atomic mass is 127. The van der Waals surface area contributed by atoms with E-state index in [0.717, 1.165) is 24.3 Å². The van der Waals surface area contributed by atoms with Crippen LogP contribution >= 0.6 is 24.0 Å². The number of nitrogens with two attached hydrogens (primary N) is 1. The Kier molecular flexibility index (Phi) is 6.31. The van der Waals surface area contributed by atoms with Crippen LogP contribution in [0, 0.1) is 6.92 Å². The van der Waals surface area contributed by atoms with Crippen LogP contribution in [0.4, 0.5) is 0 Å². The van der Waals surface area contributed by atoms with Crippen molar-refractivity contribution in [3.63, 3.8) is 0 Å². The number of halogens is 1. The standard InChI is InChI=1S/C16H23N3O2.HI/c1-11-2-3-12(9-18-16(17)19-13-4-5-13)15(8-11)21-14-6-7-20-10-14;/h2-3,8,13-14H,4-7,9-10H2,1H3,(H3,17,18,19);1H. The summed E-state index contributed by atoms with van der Waals surface area (Å²) in [6.07, 6.45) is 3.48. The summed E-state index contributed by atoms with van der Waals surface area (Å²) in [7, 11) is 0. The van der Waals surface area contributed by atoms with Crippen molar-refractivity contribution in [3.8, 4) is 5.75 Å². The van der Waals surface area contributed by atoms with E-state index in [1.807, 2.05) is 0 Å². The predicted octanol–water partition coefficient (Wildman–Crippen LogP) is 2.35. The van der Waals surface area contributed by atoms with Crippen LogP contribution in [0.3, 0.4) is 0 Å². The number of hydrogen-bond acceptors (Lipinski definition) is 3. The average Bonchev–Trinajstić information content (AvgIpc) is 3.11. The SMILES string of the molecule is Cc1ccc(CN=C(N)NC2CC2)c(OC2CCOC2)c1.I. The van der Waals surface area contributed by atoms with Gasteiger partial charge in [-0.25, -0.2) is 4.99 Å². The Bertz CT molecular complexity index is 526. The highest BCUT2D eigenvalue weighted by Crippen LogP contribution is 2.24. The lowest BCUT2D eigenvalue weighted by molar-refractivity contribution is 0.140. The first-order valence-electron chi connectivity index (χ1n) is 7.61. The number of guanidine groups is 1. The molecule has 0 bridgehead atoms. The van der Waals surface area contributed by atoms with Crippen molar-refractivity contribution in [2.24, 2.45) is 10.7 Å². The van der Waals surface area contributed by atoms with Gasteiger partial charge in [-0.15, -0.1) is 24.0 Å². The summed E-state index contributed by atoms with van der Waals surface area (Å²) in [5.41, 5.74) is 8.13. The van der Waals surface area contributed by atoms with Crippen LogP contribution in [0.5, 0.6) is 5.75 Å². The van der Waals surface area contributed by atoms with Gasteiger partial charge in [0.1, 0.15) is 11.9 Å². The number of ether oxygens (including phenoxy) is 2. The normalized spacial score (nSPS) is 21.3. The Balaban J connectivity index is 0.00000176. The molecular formula is C16H24IN3O2. The molecule has 0 radical (unpaired) electrons. The molecule has 0 aromatic heterocycles. The molecule has 0 spiro atoms. The fourth-order valence-electron chi connectivity index (χ4n) is 2.34. The van der Waals surface area contributed by atoms with Crippen molar-refractivity contribution < 1.29 is 9.47 Å².